The molecular formula is C41H35Cl2N3O7. The first-order valence-corrected chi connectivity index (χ1v) is 18.0. The third-order valence-corrected chi connectivity index (χ3v) is 12.0. The molecule has 4 aliphatic rings. The Balaban J connectivity index is 1.33. The topological polar surface area (TPSA) is 125 Å². The number of para-hydroxylation sites is 1. The fraction of sp³-hybridized carbons (Fsp3) is 0.268. The van der Waals surface area contributed by atoms with E-state index in [-0.39, 0.29) is 53.4 Å². The number of aromatic hydroxyl groups is 1. The monoisotopic (exact) mass is 751 g/mol. The number of amides is 4. The van der Waals surface area contributed by atoms with Crippen LogP contribution in [0.5, 0.6) is 17.2 Å². The third-order valence-electron chi connectivity index (χ3n) is 11.4. The Bertz CT molecular complexity index is 2190. The maximum absolute atomic E-state index is 15.4. The van der Waals surface area contributed by atoms with Crippen molar-refractivity contribution in [1.82, 2.24) is 9.91 Å². The van der Waals surface area contributed by atoms with Gasteiger partial charge in [0.05, 0.1) is 54.6 Å². The third kappa shape index (κ3) is 5.29. The number of carbonyl (C=O) groups is 4. The summed E-state index contributed by atoms with van der Waals surface area (Å²) in [6, 6.07) is 26.0. The lowest BCUT2D eigenvalue weighted by atomic mass is 9.49. The highest BCUT2D eigenvalue weighted by Gasteiger charge is 2.70. The van der Waals surface area contributed by atoms with E-state index in [0.29, 0.717) is 27.5 Å². The number of carbonyl (C=O) groups excluding carboxylic acids is 4. The molecule has 10 nitrogen and oxygen atoms in total. The fourth-order valence-electron chi connectivity index (χ4n) is 9.11. The molecule has 0 bridgehead atoms. The van der Waals surface area contributed by atoms with E-state index in [1.165, 1.54) is 25.2 Å². The number of nitrogens with one attached hydrogen (secondary N) is 1. The molecule has 53 heavy (non-hydrogen) atoms. The summed E-state index contributed by atoms with van der Waals surface area (Å²) >= 11 is 12.7. The van der Waals surface area contributed by atoms with E-state index in [2.05, 4.69) is 5.43 Å². The summed E-state index contributed by atoms with van der Waals surface area (Å²) in [5.41, 5.74) is 4.04. The lowest BCUT2D eigenvalue weighted by Crippen LogP contribution is -2.53. The van der Waals surface area contributed by atoms with E-state index >= 15 is 4.79 Å². The number of hydrogen-bond donors (Lipinski definition) is 2. The number of likely N-dealkylation sites (tertiary alicyclic amines) is 1. The number of fused-ring (bicyclic) bond motifs is 4. The number of methoxy groups -OCH3 is 2. The maximum atomic E-state index is 15.4. The van der Waals surface area contributed by atoms with Crippen molar-refractivity contribution in [1.29, 1.82) is 0 Å². The average Bonchev–Trinajstić information content (AvgIpc) is 3.53. The Labute approximate surface area is 315 Å². The smallest absolute Gasteiger partial charge is 0.260 e. The summed E-state index contributed by atoms with van der Waals surface area (Å²) in [4.78, 5) is 60.1. The largest absolute Gasteiger partial charge is 0.504 e. The second kappa shape index (κ2) is 13.3. The first-order chi connectivity index (χ1) is 25.6. The molecule has 8 rings (SSSR count). The molecule has 4 aromatic carbocycles. The van der Waals surface area contributed by atoms with Crippen molar-refractivity contribution in [3.05, 3.63) is 129 Å². The number of rotatable bonds is 8. The van der Waals surface area contributed by atoms with E-state index in [4.69, 9.17) is 32.7 Å². The highest BCUT2D eigenvalue weighted by Crippen LogP contribution is 2.65. The fourth-order valence-corrected chi connectivity index (χ4v) is 9.56. The van der Waals surface area contributed by atoms with Crippen molar-refractivity contribution >= 4 is 52.5 Å². The molecule has 2 heterocycles. The lowest BCUT2D eigenvalue weighted by Gasteiger charge is -2.50. The van der Waals surface area contributed by atoms with Gasteiger partial charge in [-0.2, -0.15) is 5.01 Å². The van der Waals surface area contributed by atoms with E-state index in [1.807, 2.05) is 36.4 Å². The van der Waals surface area contributed by atoms with Gasteiger partial charge in [-0.15, -0.1) is 0 Å². The van der Waals surface area contributed by atoms with Gasteiger partial charge in [-0.25, -0.2) is 0 Å². The lowest BCUT2D eigenvalue weighted by molar-refractivity contribution is -0.142. The van der Waals surface area contributed by atoms with Crippen molar-refractivity contribution < 1.29 is 33.8 Å². The van der Waals surface area contributed by atoms with Gasteiger partial charge in [0.1, 0.15) is 5.75 Å². The summed E-state index contributed by atoms with van der Waals surface area (Å²) in [5.74, 6) is -5.16. The van der Waals surface area contributed by atoms with Gasteiger partial charge in [-0.3, -0.25) is 29.5 Å². The number of phenols is 1. The van der Waals surface area contributed by atoms with Crippen LogP contribution in [0.15, 0.2) is 103 Å². The van der Waals surface area contributed by atoms with Crippen molar-refractivity contribution in [2.75, 3.05) is 19.6 Å². The second-order valence-corrected chi connectivity index (χ2v) is 14.7. The van der Waals surface area contributed by atoms with Crippen LogP contribution in [0.1, 0.15) is 35.4 Å². The number of imide groups is 2. The molecule has 6 unspecified atom stereocenters. The minimum Gasteiger partial charge on any atom is -0.504 e. The number of anilines is 1. The van der Waals surface area contributed by atoms with E-state index < -0.39 is 46.8 Å². The van der Waals surface area contributed by atoms with Crippen LogP contribution in [0, 0.1) is 23.7 Å². The molecule has 4 aromatic rings. The number of phenolic OH excluding ortho intramolecular Hbond substituents is 1. The standard InChI is InChI=1S/C41H35Cl2N3O7/c1-52-25-14-11-23(12-15-25)41-30(38(49)46(40(41)51)44-32-18-13-24(42)19-31(32)43)20-29-26(35(41)28-9-6-10-33(53-2)36(28)47)16-17-27-34(29)39(50)45(37(27)48)21-22-7-4-3-5-8-22/h3-16,18-19,27,29-30,34-35,44,47H,17,20-21H2,1-2H3. The molecule has 2 aliphatic heterocycles. The van der Waals surface area contributed by atoms with Gasteiger partial charge in [0.2, 0.25) is 11.8 Å². The molecule has 0 aromatic heterocycles. The Morgan fingerprint density at radius 2 is 1.60 bits per heavy atom. The molecule has 4 amide bonds. The Kier molecular flexibility index (Phi) is 8.70. The molecule has 6 atom stereocenters. The quantitative estimate of drug-likeness (QED) is 0.147. The number of hydrogen-bond acceptors (Lipinski definition) is 8. The molecule has 1 saturated carbocycles. The van der Waals surface area contributed by atoms with Crippen LogP contribution in [-0.4, -0.2) is 52.9 Å². The zero-order chi connectivity index (χ0) is 37.2. The molecular weight excluding hydrogens is 717 g/mol. The SMILES string of the molecule is COc1ccc(C23C(=O)N(Nc4ccc(Cl)cc4Cl)C(=O)C2CC2C(=CCC4C(=O)N(Cc5ccccc5)C(=O)C42)C3c2cccc(OC)c2O)cc1. The molecule has 12 heteroatoms. The normalized spacial score (nSPS) is 26.2. The van der Waals surface area contributed by atoms with E-state index in [0.717, 1.165) is 10.6 Å². The Morgan fingerprint density at radius 1 is 0.849 bits per heavy atom. The number of hydrazine groups is 1. The predicted molar refractivity (Wildman–Crippen MR) is 197 cm³/mol. The number of nitrogens with zero attached hydrogens (tertiary/aromatic N) is 2. The maximum Gasteiger partial charge on any atom is 0.260 e. The van der Waals surface area contributed by atoms with Crippen molar-refractivity contribution in [3.8, 4) is 17.2 Å². The van der Waals surface area contributed by atoms with Gasteiger partial charge in [-0.1, -0.05) is 89.4 Å². The minimum absolute atomic E-state index is 0.0928. The van der Waals surface area contributed by atoms with Crippen LogP contribution < -0.4 is 14.9 Å². The van der Waals surface area contributed by atoms with Crippen molar-refractivity contribution in [2.24, 2.45) is 23.7 Å². The summed E-state index contributed by atoms with van der Waals surface area (Å²) in [5, 5.41) is 13.4. The first-order valence-electron chi connectivity index (χ1n) is 17.3. The molecule has 2 N–H and O–H groups in total. The highest BCUT2D eigenvalue weighted by molar-refractivity contribution is 6.36. The van der Waals surface area contributed by atoms with Crippen molar-refractivity contribution in [2.45, 2.75) is 30.7 Å². The number of benzene rings is 4. The number of halogens is 2. The van der Waals surface area contributed by atoms with Crippen LogP contribution in [0.2, 0.25) is 10.0 Å². The van der Waals surface area contributed by atoms with Gasteiger partial charge < -0.3 is 14.6 Å². The predicted octanol–water partition coefficient (Wildman–Crippen LogP) is 6.90. The number of allylic oxidation sites excluding steroid dienone is 2. The number of ether oxygens (including phenoxy) is 2. The van der Waals surface area contributed by atoms with Crippen molar-refractivity contribution in [3.63, 3.8) is 0 Å². The summed E-state index contributed by atoms with van der Waals surface area (Å²) < 4.78 is 11.0. The molecule has 270 valence electrons. The molecule has 3 fully saturated rings. The molecule has 0 spiro atoms. The molecule has 0 radical (unpaired) electrons. The Hall–Kier alpha value is -5.32. The van der Waals surface area contributed by atoms with Gasteiger partial charge in [-0.05, 0) is 66.3 Å². The zero-order valence-electron chi connectivity index (χ0n) is 28.8. The highest BCUT2D eigenvalue weighted by atomic mass is 35.5. The van der Waals surface area contributed by atoms with Gasteiger partial charge in [0.15, 0.2) is 11.5 Å². The summed E-state index contributed by atoms with van der Waals surface area (Å²) in [6.45, 7) is 0.129. The van der Waals surface area contributed by atoms with Crippen LogP contribution in [0.4, 0.5) is 5.69 Å². The minimum atomic E-state index is -1.62. The summed E-state index contributed by atoms with van der Waals surface area (Å²) in [6.07, 6.45) is 2.29. The van der Waals surface area contributed by atoms with Crippen LogP contribution in [-0.2, 0) is 31.1 Å². The Morgan fingerprint density at radius 3 is 2.30 bits per heavy atom. The van der Waals surface area contributed by atoms with Gasteiger partial charge in [0, 0.05) is 16.5 Å². The van der Waals surface area contributed by atoms with E-state index in [1.54, 1.807) is 54.6 Å². The molecule has 2 saturated heterocycles. The zero-order valence-corrected chi connectivity index (χ0v) is 30.3. The summed E-state index contributed by atoms with van der Waals surface area (Å²) in [7, 11) is 2.97. The van der Waals surface area contributed by atoms with E-state index in [9.17, 15) is 19.5 Å². The van der Waals surface area contributed by atoms with Crippen LogP contribution in [0.3, 0.4) is 0 Å². The molecule has 2 aliphatic carbocycles. The van der Waals surface area contributed by atoms with Gasteiger partial charge >= 0.3 is 0 Å². The average molecular weight is 753 g/mol. The second-order valence-electron chi connectivity index (χ2n) is 13.9. The first kappa shape index (κ1) is 34.7. The van der Waals surface area contributed by atoms with Gasteiger partial charge in [0.25, 0.3) is 11.8 Å². The van der Waals surface area contributed by atoms with Crippen LogP contribution >= 0.6 is 23.2 Å². The van der Waals surface area contributed by atoms with Crippen LogP contribution in [0.25, 0.3) is 0 Å².